The van der Waals surface area contributed by atoms with Gasteiger partial charge in [0.15, 0.2) is 24.5 Å². The molecule has 41 heavy (non-hydrogen) atoms. The van der Waals surface area contributed by atoms with Gasteiger partial charge in [0.05, 0.1) is 0 Å². The Labute approximate surface area is 235 Å². The van der Waals surface area contributed by atoms with E-state index in [9.17, 15) is 24.0 Å². The van der Waals surface area contributed by atoms with Gasteiger partial charge in [0, 0.05) is 52.7 Å². The molecular formula is C27H31N3O11. The van der Waals surface area contributed by atoms with Crippen LogP contribution in [0.15, 0.2) is 42.6 Å². The number of pyridine rings is 1. The van der Waals surface area contributed by atoms with Crippen molar-refractivity contribution >= 4 is 35.5 Å². The molecule has 0 bridgehead atoms. The maximum absolute atomic E-state index is 12.0. The molecule has 2 aromatic rings. The highest BCUT2D eigenvalue weighted by Crippen LogP contribution is 2.31. The van der Waals surface area contributed by atoms with Crippen molar-refractivity contribution in [1.82, 2.24) is 10.3 Å². The van der Waals surface area contributed by atoms with Crippen LogP contribution in [-0.4, -0.2) is 79.1 Å². The topological polar surface area (TPSA) is 178 Å². The number of carbonyl (C=O) groups is 5. The second-order valence-electron chi connectivity index (χ2n) is 8.85. The van der Waals surface area contributed by atoms with Crippen molar-refractivity contribution in [1.29, 1.82) is 0 Å². The van der Waals surface area contributed by atoms with Gasteiger partial charge in [-0.2, -0.15) is 0 Å². The number of nitrogens with one attached hydrogen (secondary N) is 2. The monoisotopic (exact) mass is 573 g/mol. The molecule has 0 aliphatic carbocycles. The number of carbonyl (C=O) groups excluding carboxylic acids is 5. The van der Waals surface area contributed by atoms with Gasteiger partial charge in [0.2, 0.25) is 0 Å². The van der Waals surface area contributed by atoms with Crippen LogP contribution in [0.1, 0.15) is 38.2 Å². The second kappa shape index (κ2) is 14.1. The highest BCUT2D eigenvalue weighted by Gasteiger charge is 2.52. The van der Waals surface area contributed by atoms with E-state index in [-0.39, 0.29) is 18.2 Å². The minimum atomic E-state index is -1.30. The number of aromatic nitrogens is 1. The number of hydrogen-bond donors (Lipinski definition) is 2. The largest absolute Gasteiger partial charge is 0.463 e. The van der Waals surface area contributed by atoms with Crippen LogP contribution in [0.2, 0.25) is 0 Å². The Morgan fingerprint density at radius 3 is 2.00 bits per heavy atom. The summed E-state index contributed by atoms with van der Waals surface area (Å²) in [6.45, 7) is 4.31. The standard InChI is InChI=1S/C27H31N3O11/c1-14(31)36-13-22-23(37-15(2)32)24(38-16(3)33)25(39-17(4)34)27(41-22)30-18-6-8-19(9-7-18)40-20-10-11-29-21(12-20)26(35)28-5/h6-12,22-25,27,30H,13H2,1-5H3,(H,28,35)/t22-,23-,24+,25-,27-/m1/s1. The van der Waals surface area contributed by atoms with Crippen molar-refractivity contribution in [2.45, 2.75) is 58.3 Å². The molecule has 14 nitrogen and oxygen atoms in total. The third kappa shape index (κ3) is 8.89. The lowest BCUT2D eigenvalue weighted by atomic mass is 9.97. The molecule has 14 heteroatoms. The van der Waals surface area contributed by atoms with Crippen molar-refractivity contribution < 1.29 is 52.4 Å². The summed E-state index contributed by atoms with van der Waals surface area (Å²) in [7, 11) is 1.49. The van der Waals surface area contributed by atoms with Gasteiger partial charge in [-0.05, 0) is 30.3 Å². The number of amides is 1. The van der Waals surface area contributed by atoms with Gasteiger partial charge in [0.25, 0.3) is 5.91 Å². The van der Waals surface area contributed by atoms with E-state index in [0.29, 0.717) is 17.2 Å². The van der Waals surface area contributed by atoms with E-state index in [4.69, 9.17) is 28.4 Å². The number of esters is 4. The van der Waals surface area contributed by atoms with Gasteiger partial charge in [0.1, 0.15) is 29.9 Å². The number of hydrogen-bond acceptors (Lipinski definition) is 13. The molecule has 2 N–H and O–H groups in total. The van der Waals surface area contributed by atoms with E-state index >= 15 is 0 Å². The predicted molar refractivity (Wildman–Crippen MR) is 140 cm³/mol. The number of rotatable bonds is 10. The summed E-state index contributed by atoms with van der Waals surface area (Å²) < 4.78 is 33.2. The van der Waals surface area contributed by atoms with Crippen molar-refractivity contribution in [3.05, 3.63) is 48.3 Å². The zero-order valence-corrected chi connectivity index (χ0v) is 23.1. The average Bonchev–Trinajstić information content (AvgIpc) is 2.91. The number of anilines is 1. The first-order chi connectivity index (χ1) is 19.5. The van der Waals surface area contributed by atoms with Gasteiger partial charge >= 0.3 is 23.9 Å². The molecule has 1 aromatic carbocycles. The minimum Gasteiger partial charge on any atom is -0.463 e. The van der Waals surface area contributed by atoms with E-state index in [1.54, 1.807) is 30.3 Å². The van der Waals surface area contributed by atoms with Gasteiger partial charge in [-0.1, -0.05) is 0 Å². The summed E-state index contributed by atoms with van der Waals surface area (Å²) >= 11 is 0. The highest BCUT2D eigenvalue weighted by molar-refractivity contribution is 5.92. The van der Waals surface area contributed by atoms with E-state index in [1.165, 1.54) is 26.2 Å². The number of nitrogens with zero attached hydrogens (tertiary/aromatic N) is 1. The lowest BCUT2D eigenvalue weighted by Crippen LogP contribution is -2.64. The quantitative estimate of drug-likeness (QED) is 0.310. The van der Waals surface area contributed by atoms with Crippen molar-refractivity contribution in [3.8, 4) is 11.5 Å². The molecule has 1 saturated heterocycles. The van der Waals surface area contributed by atoms with Gasteiger partial charge in [-0.15, -0.1) is 0 Å². The molecule has 2 heterocycles. The van der Waals surface area contributed by atoms with Crippen LogP contribution >= 0.6 is 0 Å². The Balaban J connectivity index is 1.86. The zero-order chi connectivity index (χ0) is 30.1. The van der Waals surface area contributed by atoms with Gasteiger partial charge in [-0.3, -0.25) is 29.0 Å². The first-order valence-corrected chi connectivity index (χ1v) is 12.5. The molecule has 1 aliphatic rings. The summed E-state index contributed by atoms with van der Waals surface area (Å²) in [6, 6.07) is 9.63. The fourth-order valence-corrected chi connectivity index (χ4v) is 3.99. The summed E-state index contributed by atoms with van der Waals surface area (Å²) in [6.07, 6.45) is -4.58. The molecule has 0 saturated carbocycles. The number of ether oxygens (including phenoxy) is 6. The normalized spacial score (nSPS) is 21.5. The smallest absolute Gasteiger partial charge is 0.303 e. The Morgan fingerprint density at radius 1 is 0.805 bits per heavy atom. The van der Waals surface area contributed by atoms with Crippen LogP contribution in [0.3, 0.4) is 0 Å². The van der Waals surface area contributed by atoms with Crippen LogP contribution in [0.5, 0.6) is 11.5 Å². The third-order valence-electron chi connectivity index (χ3n) is 5.58. The summed E-state index contributed by atoms with van der Waals surface area (Å²) in [5, 5.41) is 5.55. The summed E-state index contributed by atoms with van der Waals surface area (Å²) in [5.41, 5.74) is 0.672. The molecule has 0 radical (unpaired) electrons. The Bertz CT molecular complexity index is 1270. The molecular weight excluding hydrogens is 542 g/mol. The van der Waals surface area contributed by atoms with E-state index < -0.39 is 54.5 Å². The second-order valence-corrected chi connectivity index (χ2v) is 8.85. The molecule has 1 fully saturated rings. The van der Waals surface area contributed by atoms with Crippen LogP contribution < -0.4 is 15.4 Å². The molecule has 3 rings (SSSR count). The maximum atomic E-state index is 12.0. The lowest BCUT2D eigenvalue weighted by molar-refractivity contribution is -0.247. The van der Waals surface area contributed by atoms with Crippen molar-refractivity contribution in [3.63, 3.8) is 0 Å². The molecule has 220 valence electrons. The predicted octanol–water partition coefficient (Wildman–Crippen LogP) is 1.73. The summed E-state index contributed by atoms with van der Waals surface area (Å²) in [4.78, 5) is 63.2. The summed E-state index contributed by atoms with van der Waals surface area (Å²) in [5.74, 6) is -2.31. The average molecular weight is 574 g/mol. The van der Waals surface area contributed by atoms with Crippen LogP contribution in [0, 0.1) is 0 Å². The Hall–Kier alpha value is -4.72. The highest BCUT2D eigenvalue weighted by atomic mass is 16.7. The fourth-order valence-electron chi connectivity index (χ4n) is 3.99. The van der Waals surface area contributed by atoms with Gasteiger partial charge in [-0.25, -0.2) is 0 Å². The molecule has 0 unspecified atom stereocenters. The van der Waals surface area contributed by atoms with Crippen LogP contribution in [-0.2, 0) is 42.9 Å². The van der Waals surface area contributed by atoms with Crippen molar-refractivity contribution in [2.24, 2.45) is 0 Å². The molecule has 5 atom stereocenters. The minimum absolute atomic E-state index is 0.187. The van der Waals surface area contributed by atoms with E-state index in [2.05, 4.69) is 15.6 Å². The third-order valence-corrected chi connectivity index (χ3v) is 5.58. The molecule has 0 spiro atoms. The SMILES string of the molecule is CNC(=O)c1cc(Oc2ccc(N[C@@H]3O[C@H](COC(C)=O)[C@@H](OC(C)=O)[C@H](OC(C)=O)[C@H]3OC(C)=O)cc2)ccn1. The molecule has 1 amide bonds. The van der Waals surface area contributed by atoms with E-state index in [0.717, 1.165) is 20.8 Å². The molecule has 1 aliphatic heterocycles. The first kappa shape index (κ1) is 30.8. The van der Waals surface area contributed by atoms with Crippen molar-refractivity contribution in [2.75, 3.05) is 19.0 Å². The lowest BCUT2D eigenvalue weighted by Gasteiger charge is -2.44. The fraction of sp³-hybridized carbons (Fsp3) is 0.407. The Kier molecular flexibility index (Phi) is 10.6. The van der Waals surface area contributed by atoms with Gasteiger partial charge < -0.3 is 39.1 Å². The van der Waals surface area contributed by atoms with Crippen LogP contribution in [0.4, 0.5) is 5.69 Å². The maximum Gasteiger partial charge on any atom is 0.303 e. The first-order valence-electron chi connectivity index (χ1n) is 12.5. The van der Waals surface area contributed by atoms with Crippen LogP contribution in [0.25, 0.3) is 0 Å². The molecule has 1 aromatic heterocycles. The number of benzene rings is 1. The van der Waals surface area contributed by atoms with E-state index in [1.807, 2.05) is 0 Å². The zero-order valence-electron chi connectivity index (χ0n) is 23.1. The Morgan fingerprint density at radius 2 is 1.41 bits per heavy atom.